The molecule has 0 aliphatic carbocycles. The second-order valence-corrected chi connectivity index (χ2v) is 6.06. The first kappa shape index (κ1) is 14.3. The highest BCUT2D eigenvalue weighted by Gasteiger charge is 2.27. The minimum absolute atomic E-state index is 0.0452. The predicted molar refractivity (Wildman–Crippen MR) is 79.5 cm³/mol. The van der Waals surface area contributed by atoms with Crippen LogP contribution in [0.5, 0.6) is 5.75 Å². The molecule has 0 aromatic carbocycles. The summed E-state index contributed by atoms with van der Waals surface area (Å²) in [5.41, 5.74) is 0.774. The highest BCUT2D eigenvalue weighted by molar-refractivity contribution is 7.07. The van der Waals surface area contributed by atoms with Crippen LogP contribution in [-0.2, 0) is 11.3 Å². The number of hydrogen-bond acceptors (Lipinski definition) is 6. The average Bonchev–Trinajstić information content (AvgIpc) is 2.96. The van der Waals surface area contributed by atoms with Crippen molar-refractivity contribution in [2.24, 2.45) is 0 Å². The molecule has 0 bridgehead atoms. The van der Waals surface area contributed by atoms with Gasteiger partial charge in [0.1, 0.15) is 12.0 Å². The number of ether oxygens (including phenoxy) is 1. The number of aromatic hydroxyl groups is 1. The fourth-order valence-electron chi connectivity index (χ4n) is 2.56. The van der Waals surface area contributed by atoms with Crippen LogP contribution in [-0.4, -0.2) is 29.2 Å². The van der Waals surface area contributed by atoms with E-state index in [1.165, 1.54) is 11.6 Å². The lowest BCUT2D eigenvalue weighted by Crippen LogP contribution is -2.42. The van der Waals surface area contributed by atoms with Gasteiger partial charge in [0.15, 0.2) is 5.75 Å². The third-order valence-electron chi connectivity index (χ3n) is 3.50. The van der Waals surface area contributed by atoms with Gasteiger partial charge >= 0.3 is 0 Å². The Morgan fingerprint density at radius 2 is 2.33 bits per heavy atom. The van der Waals surface area contributed by atoms with Crippen LogP contribution in [0.3, 0.4) is 0 Å². The Balaban J connectivity index is 1.72. The summed E-state index contributed by atoms with van der Waals surface area (Å²) in [7, 11) is 0. The van der Waals surface area contributed by atoms with Gasteiger partial charge < -0.3 is 14.3 Å². The lowest BCUT2D eigenvalue weighted by molar-refractivity contribution is -0.0826. The SMILES string of the molecule is C[C@@H]1CN(Cc2cc(=O)c(O)co2)C[C@H](c2ccsc2)O1. The maximum Gasteiger partial charge on any atom is 0.226 e. The van der Waals surface area contributed by atoms with Gasteiger partial charge in [-0.25, -0.2) is 0 Å². The Hall–Kier alpha value is -1.63. The molecule has 0 radical (unpaired) electrons. The molecular weight excluding hydrogens is 290 g/mol. The number of morpholine rings is 1. The topological polar surface area (TPSA) is 62.9 Å². The summed E-state index contributed by atoms with van der Waals surface area (Å²) in [6, 6.07) is 3.42. The molecule has 1 fully saturated rings. The number of nitrogens with zero attached hydrogens (tertiary/aromatic N) is 1. The highest BCUT2D eigenvalue weighted by atomic mass is 32.1. The maximum atomic E-state index is 11.4. The van der Waals surface area contributed by atoms with Gasteiger partial charge in [-0.05, 0) is 29.3 Å². The summed E-state index contributed by atoms with van der Waals surface area (Å²) in [6.45, 7) is 4.11. The Morgan fingerprint density at radius 3 is 3.05 bits per heavy atom. The molecule has 1 aliphatic rings. The van der Waals surface area contributed by atoms with Crippen molar-refractivity contribution in [3.8, 4) is 5.75 Å². The standard InChI is InChI=1S/C15H17NO4S/c1-10-5-16(6-12-4-13(17)14(18)8-19-12)7-15(20-10)11-2-3-21-9-11/h2-4,8-10,15,18H,5-7H2,1H3/t10-,15-/m1/s1. The monoisotopic (exact) mass is 307 g/mol. The Bertz CT molecular complexity index is 652. The molecule has 2 aromatic heterocycles. The molecule has 5 nitrogen and oxygen atoms in total. The van der Waals surface area contributed by atoms with Crippen molar-refractivity contribution in [1.29, 1.82) is 0 Å². The van der Waals surface area contributed by atoms with E-state index in [0.29, 0.717) is 12.3 Å². The summed E-state index contributed by atoms with van der Waals surface area (Å²) < 4.78 is 11.2. The summed E-state index contributed by atoms with van der Waals surface area (Å²) in [5.74, 6) is 0.196. The van der Waals surface area contributed by atoms with Gasteiger partial charge in [0.25, 0.3) is 0 Å². The van der Waals surface area contributed by atoms with E-state index in [0.717, 1.165) is 19.4 Å². The molecule has 1 aliphatic heterocycles. The molecule has 112 valence electrons. The van der Waals surface area contributed by atoms with Crippen LogP contribution in [0.2, 0.25) is 0 Å². The third-order valence-corrected chi connectivity index (χ3v) is 4.20. The Morgan fingerprint density at radius 1 is 1.48 bits per heavy atom. The van der Waals surface area contributed by atoms with Crippen LogP contribution in [0, 0.1) is 0 Å². The van der Waals surface area contributed by atoms with Gasteiger partial charge in [0.2, 0.25) is 5.43 Å². The van der Waals surface area contributed by atoms with Crippen LogP contribution in [0.1, 0.15) is 24.4 Å². The fraction of sp³-hybridized carbons (Fsp3) is 0.400. The molecule has 1 N–H and O–H groups in total. The zero-order chi connectivity index (χ0) is 14.8. The van der Waals surface area contributed by atoms with Gasteiger partial charge in [0.05, 0.1) is 18.8 Å². The van der Waals surface area contributed by atoms with Gasteiger partial charge in [-0.2, -0.15) is 11.3 Å². The molecule has 0 unspecified atom stereocenters. The molecule has 21 heavy (non-hydrogen) atoms. The summed E-state index contributed by atoms with van der Waals surface area (Å²) in [6.07, 6.45) is 1.26. The average molecular weight is 307 g/mol. The van der Waals surface area contributed by atoms with E-state index in [2.05, 4.69) is 16.3 Å². The van der Waals surface area contributed by atoms with E-state index in [-0.39, 0.29) is 18.0 Å². The molecule has 0 spiro atoms. The zero-order valence-corrected chi connectivity index (χ0v) is 12.5. The number of rotatable bonds is 3. The molecule has 2 aromatic rings. The van der Waals surface area contributed by atoms with E-state index < -0.39 is 5.43 Å². The van der Waals surface area contributed by atoms with Crippen molar-refractivity contribution < 1.29 is 14.3 Å². The first-order valence-corrected chi connectivity index (χ1v) is 7.76. The van der Waals surface area contributed by atoms with Crippen molar-refractivity contribution in [2.75, 3.05) is 13.1 Å². The van der Waals surface area contributed by atoms with Crippen molar-refractivity contribution >= 4 is 11.3 Å². The van der Waals surface area contributed by atoms with Crippen LogP contribution in [0.4, 0.5) is 0 Å². The second-order valence-electron chi connectivity index (χ2n) is 5.28. The summed E-state index contributed by atoms with van der Waals surface area (Å²) >= 11 is 1.66. The predicted octanol–water partition coefficient (Wildman–Crippen LogP) is 2.37. The Kier molecular flexibility index (Phi) is 4.10. The lowest BCUT2D eigenvalue weighted by atomic mass is 10.1. The van der Waals surface area contributed by atoms with Crippen LogP contribution < -0.4 is 5.43 Å². The van der Waals surface area contributed by atoms with Gasteiger partial charge in [-0.1, -0.05) is 0 Å². The smallest absolute Gasteiger partial charge is 0.226 e. The maximum absolute atomic E-state index is 11.4. The molecule has 3 rings (SSSR count). The molecule has 3 heterocycles. The van der Waals surface area contributed by atoms with Crippen LogP contribution >= 0.6 is 11.3 Å². The molecular formula is C15H17NO4S. The van der Waals surface area contributed by atoms with E-state index >= 15 is 0 Å². The first-order chi connectivity index (χ1) is 10.1. The third kappa shape index (κ3) is 3.34. The van der Waals surface area contributed by atoms with Gasteiger partial charge in [-0.3, -0.25) is 9.69 Å². The Labute approximate surface area is 126 Å². The summed E-state index contributed by atoms with van der Waals surface area (Å²) in [4.78, 5) is 13.6. The minimum Gasteiger partial charge on any atom is -0.502 e. The van der Waals surface area contributed by atoms with Crippen LogP contribution in [0.25, 0.3) is 0 Å². The molecule has 0 saturated carbocycles. The van der Waals surface area contributed by atoms with Gasteiger partial charge in [0, 0.05) is 19.2 Å². The molecule has 6 heteroatoms. The number of thiophene rings is 1. The van der Waals surface area contributed by atoms with E-state index in [1.54, 1.807) is 11.3 Å². The fourth-order valence-corrected chi connectivity index (χ4v) is 3.26. The second kappa shape index (κ2) is 6.01. The normalized spacial score (nSPS) is 23.3. The van der Waals surface area contributed by atoms with Crippen molar-refractivity contribution in [3.05, 3.63) is 50.7 Å². The highest BCUT2D eigenvalue weighted by Crippen LogP contribution is 2.27. The van der Waals surface area contributed by atoms with Crippen molar-refractivity contribution in [1.82, 2.24) is 4.90 Å². The molecule has 0 amide bonds. The van der Waals surface area contributed by atoms with E-state index in [1.807, 2.05) is 12.3 Å². The summed E-state index contributed by atoms with van der Waals surface area (Å²) in [5, 5.41) is 13.4. The van der Waals surface area contributed by atoms with Crippen LogP contribution in [0.15, 0.2) is 38.4 Å². The lowest BCUT2D eigenvalue weighted by Gasteiger charge is -2.36. The first-order valence-electron chi connectivity index (χ1n) is 6.82. The largest absolute Gasteiger partial charge is 0.502 e. The van der Waals surface area contributed by atoms with E-state index in [9.17, 15) is 9.90 Å². The van der Waals surface area contributed by atoms with Crippen molar-refractivity contribution in [2.45, 2.75) is 25.7 Å². The quantitative estimate of drug-likeness (QED) is 0.943. The minimum atomic E-state index is -0.410. The zero-order valence-electron chi connectivity index (χ0n) is 11.7. The molecule has 2 atom stereocenters. The van der Waals surface area contributed by atoms with Gasteiger partial charge in [-0.15, -0.1) is 0 Å². The van der Waals surface area contributed by atoms with E-state index in [4.69, 9.17) is 9.15 Å². The molecule has 1 saturated heterocycles. The van der Waals surface area contributed by atoms with Crippen molar-refractivity contribution in [3.63, 3.8) is 0 Å². The number of hydrogen-bond donors (Lipinski definition) is 1.